The first-order chi connectivity index (χ1) is 7.54. The van der Waals surface area contributed by atoms with Gasteiger partial charge in [0.2, 0.25) is 5.91 Å². The maximum atomic E-state index is 12.0. The molecule has 16 heavy (non-hydrogen) atoms. The molecule has 1 aromatic rings. The zero-order valence-electron chi connectivity index (χ0n) is 10.1. The molecule has 2 rings (SSSR count). The van der Waals surface area contributed by atoms with Crippen molar-refractivity contribution in [2.24, 2.45) is 5.41 Å². The fourth-order valence-electron chi connectivity index (χ4n) is 1.87. The van der Waals surface area contributed by atoms with Gasteiger partial charge in [-0.05, 0) is 31.9 Å². The lowest BCUT2D eigenvalue weighted by molar-refractivity contribution is -0.123. The van der Waals surface area contributed by atoms with Crippen LogP contribution in [-0.4, -0.2) is 12.5 Å². The highest BCUT2D eigenvalue weighted by Gasteiger charge is 2.31. The first-order valence-corrected chi connectivity index (χ1v) is 5.72. The molecule has 3 heteroatoms. The number of fused-ring (bicyclic) bond motifs is 1. The molecule has 1 aromatic carbocycles. The number of rotatable bonds is 1. The number of hydrogen-bond donors (Lipinski definition) is 2. The molecule has 1 amide bonds. The molecule has 0 aliphatic carbocycles. The molecular weight excluding hydrogens is 200 g/mol. The molecule has 0 aromatic heterocycles. The number of carbonyl (C=O) groups is 1. The largest absolute Gasteiger partial charge is 0.382 e. The van der Waals surface area contributed by atoms with E-state index in [0.29, 0.717) is 6.54 Å². The van der Waals surface area contributed by atoms with Crippen molar-refractivity contribution in [2.75, 3.05) is 17.2 Å². The molecule has 1 heterocycles. The van der Waals surface area contributed by atoms with Gasteiger partial charge in [-0.1, -0.05) is 19.1 Å². The molecule has 1 aliphatic heterocycles. The van der Waals surface area contributed by atoms with E-state index in [4.69, 9.17) is 0 Å². The molecule has 0 unspecified atom stereocenters. The van der Waals surface area contributed by atoms with Crippen LogP contribution in [0.15, 0.2) is 18.2 Å². The standard InChI is InChI=1S/C13H18N2O/c1-4-9-6-5-7-10-11(9)15-12(16)13(2,3)8-14-10/h5-7,14H,4,8H2,1-3H3,(H,15,16). The van der Waals surface area contributed by atoms with Crippen molar-refractivity contribution in [3.63, 3.8) is 0 Å². The predicted octanol–water partition coefficient (Wildman–Crippen LogP) is 2.64. The molecule has 0 fully saturated rings. The van der Waals surface area contributed by atoms with Crippen LogP contribution in [-0.2, 0) is 11.2 Å². The van der Waals surface area contributed by atoms with Crippen molar-refractivity contribution < 1.29 is 4.79 Å². The number of para-hydroxylation sites is 1. The maximum absolute atomic E-state index is 12.0. The van der Waals surface area contributed by atoms with E-state index in [0.717, 1.165) is 17.8 Å². The fourth-order valence-corrected chi connectivity index (χ4v) is 1.87. The minimum absolute atomic E-state index is 0.0830. The van der Waals surface area contributed by atoms with E-state index >= 15 is 0 Å². The Morgan fingerprint density at radius 1 is 1.38 bits per heavy atom. The molecule has 0 saturated heterocycles. The number of carbonyl (C=O) groups excluding carboxylic acids is 1. The van der Waals surface area contributed by atoms with Crippen molar-refractivity contribution in [3.8, 4) is 0 Å². The van der Waals surface area contributed by atoms with Gasteiger partial charge >= 0.3 is 0 Å². The van der Waals surface area contributed by atoms with Gasteiger partial charge in [0, 0.05) is 6.54 Å². The van der Waals surface area contributed by atoms with Crippen LogP contribution in [0.25, 0.3) is 0 Å². The Morgan fingerprint density at radius 3 is 2.81 bits per heavy atom. The van der Waals surface area contributed by atoms with E-state index in [1.807, 2.05) is 26.0 Å². The van der Waals surface area contributed by atoms with Gasteiger partial charge in [-0.3, -0.25) is 4.79 Å². The van der Waals surface area contributed by atoms with E-state index in [9.17, 15) is 4.79 Å². The van der Waals surface area contributed by atoms with Crippen molar-refractivity contribution in [1.29, 1.82) is 0 Å². The van der Waals surface area contributed by atoms with Crippen molar-refractivity contribution in [3.05, 3.63) is 23.8 Å². The van der Waals surface area contributed by atoms with Gasteiger partial charge in [-0.2, -0.15) is 0 Å². The Balaban J connectivity index is 2.45. The third kappa shape index (κ3) is 1.77. The van der Waals surface area contributed by atoms with Gasteiger partial charge in [0.15, 0.2) is 0 Å². The summed E-state index contributed by atoms with van der Waals surface area (Å²) in [5, 5.41) is 6.37. The van der Waals surface area contributed by atoms with Gasteiger partial charge < -0.3 is 10.6 Å². The van der Waals surface area contributed by atoms with Crippen LogP contribution in [0.4, 0.5) is 11.4 Å². The average molecular weight is 218 g/mol. The summed E-state index contributed by atoms with van der Waals surface area (Å²) in [7, 11) is 0. The monoisotopic (exact) mass is 218 g/mol. The number of amides is 1. The minimum Gasteiger partial charge on any atom is -0.382 e. The molecule has 1 aliphatic rings. The van der Waals surface area contributed by atoms with E-state index in [1.54, 1.807) is 0 Å². The second-order valence-electron chi connectivity index (χ2n) is 4.88. The molecule has 86 valence electrons. The summed E-state index contributed by atoms with van der Waals surface area (Å²) in [5.74, 6) is 0.0830. The number of benzene rings is 1. The van der Waals surface area contributed by atoms with Crippen LogP contribution < -0.4 is 10.6 Å². The van der Waals surface area contributed by atoms with Crippen LogP contribution >= 0.6 is 0 Å². The van der Waals surface area contributed by atoms with Gasteiger partial charge in [-0.25, -0.2) is 0 Å². The first-order valence-electron chi connectivity index (χ1n) is 5.72. The highest BCUT2D eigenvalue weighted by molar-refractivity contribution is 6.00. The van der Waals surface area contributed by atoms with Crippen molar-refractivity contribution in [2.45, 2.75) is 27.2 Å². The highest BCUT2D eigenvalue weighted by atomic mass is 16.2. The minimum atomic E-state index is -0.371. The third-order valence-corrected chi connectivity index (χ3v) is 3.11. The van der Waals surface area contributed by atoms with Crippen molar-refractivity contribution in [1.82, 2.24) is 0 Å². The van der Waals surface area contributed by atoms with Crippen LogP contribution in [0.3, 0.4) is 0 Å². The van der Waals surface area contributed by atoms with Crippen LogP contribution in [0.1, 0.15) is 26.3 Å². The van der Waals surface area contributed by atoms with Gasteiger partial charge in [0.1, 0.15) is 0 Å². The Morgan fingerprint density at radius 2 is 2.12 bits per heavy atom. The normalized spacial score (nSPS) is 18.1. The number of aryl methyl sites for hydroxylation is 1. The SMILES string of the molecule is CCc1cccc2c1NC(=O)C(C)(C)CN2. The quantitative estimate of drug-likeness (QED) is 0.760. The molecule has 0 saturated carbocycles. The lowest BCUT2D eigenvalue weighted by Crippen LogP contribution is -2.34. The summed E-state index contributed by atoms with van der Waals surface area (Å²) in [5.41, 5.74) is 2.78. The molecule has 2 N–H and O–H groups in total. The summed E-state index contributed by atoms with van der Waals surface area (Å²) in [6.07, 6.45) is 0.922. The van der Waals surface area contributed by atoms with Gasteiger partial charge in [0.25, 0.3) is 0 Å². The topological polar surface area (TPSA) is 41.1 Å². The van der Waals surface area contributed by atoms with Crippen molar-refractivity contribution >= 4 is 17.3 Å². The summed E-state index contributed by atoms with van der Waals surface area (Å²) in [4.78, 5) is 12.0. The second-order valence-corrected chi connectivity index (χ2v) is 4.88. The maximum Gasteiger partial charge on any atom is 0.231 e. The number of nitrogens with one attached hydrogen (secondary N) is 2. The summed E-state index contributed by atoms with van der Waals surface area (Å²) < 4.78 is 0. The van der Waals surface area contributed by atoms with E-state index in [-0.39, 0.29) is 11.3 Å². The molecule has 0 bridgehead atoms. The Kier molecular flexibility index (Phi) is 2.62. The third-order valence-electron chi connectivity index (χ3n) is 3.11. The predicted molar refractivity (Wildman–Crippen MR) is 66.7 cm³/mol. The lowest BCUT2D eigenvalue weighted by atomic mass is 9.93. The second kappa shape index (κ2) is 3.81. The van der Waals surface area contributed by atoms with E-state index in [1.165, 1.54) is 5.56 Å². The Bertz CT molecular complexity index is 424. The van der Waals surface area contributed by atoms with Crippen LogP contribution in [0, 0.1) is 5.41 Å². The smallest absolute Gasteiger partial charge is 0.231 e. The summed E-state index contributed by atoms with van der Waals surface area (Å²) in [6, 6.07) is 6.09. The zero-order valence-corrected chi connectivity index (χ0v) is 10.1. The molecule has 0 spiro atoms. The zero-order chi connectivity index (χ0) is 11.8. The summed E-state index contributed by atoms with van der Waals surface area (Å²) in [6.45, 7) is 6.66. The van der Waals surface area contributed by atoms with Gasteiger partial charge in [-0.15, -0.1) is 0 Å². The number of anilines is 2. The molecule has 3 nitrogen and oxygen atoms in total. The Hall–Kier alpha value is -1.51. The first kappa shape index (κ1) is 11.0. The Labute approximate surface area is 96.2 Å². The fraction of sp³-hybridized carbons (Fsp3) is 0.462. The van der Waals surface area contributed by atoms with Gasteiger partial charge in [0.05, 0.1) is 16.8 Å². The van der Waals surface area contributed by atoms with E-state index < -0.39 is 0 Å². The highest BCUT2D eigenvalue weighted by Crippen LogP contribution is 2.32. The van der Waals surface area contributed by atoms with E-state index in [2.05, 4.69) is 23.6 Å². The van der Waals surface area contributed by atoms with Crippen LogP contribution in [0.2, 0.25) is 0 Å². The number of hydrogen-bond acceptors (Lipinski definition) is 2. The van der Waals surface area contributed by atoms with Crippen LogP contribution in [0.5, 0.6) is 0 Å². The molecule has 0 radical (unpaired) electrons. The summed E-state index contributed by atoms with van der Waals surface area (Å²) >= 11 is 0. The molecular formula is C13H18N2O. The lowest BCUT2D eigenvalue weighted by Gasteiger charge is -2.19. The average Bonchev–Trinajstić information content (AvgIpc) is 2.37. The molecule has 0 atom stereocenters.